The molecule has 1 saturated heterocycles. The third-order valence-corrected chi connectivity index (χ3v) is 5.58. The lowest BCUT2D eigenvalue weighted by molar-refractivity contribution is 0.183. The van der Waals surface area contributed by atoms with Crippen molar-refractivity contribution in [3.63, 3.8) is 0 Å². The molecule has 0 aromatic carbocycles. The molecular weight excluding hydrogens is 278 g/mol. The maximum Gasteiger partial charge on any atom is 0.246 e. The first-order chi connectivity index (χ1) is 9.26. The van der Waals surface area contributed by atoms with Crippen molar-refractivity contribution < 1.29 is 13.2 Å². The number of ether oxygens (including phenoxy) is 1. The average molecular weight is 301 g/mol. The molecule has 0 N–H and O–H groups in total. The first-order valence-electron chi connectivity index (χ1n) is 6.79. The highest BCUT2D eigenvalue weighted by molar-refractivity contribution is 7.89. The van der Waals surface area contributed by atoms with E-state index in [4.69, 9.17) is 4.74 Å². The Morgan fingerprint density at radius 1 is 1.50 bits per heavy atom. The van der Waals surface area contributed by atoms with E-state index in [2.05, 4.69) is 18.9 Å². The second-order valence-corrected chi connectivity index (χ2v) is 8.09. The molecule has 114 valence electrons. The first kappa shape index (κ1) is 15.5. The molecule has 0 bridgehead atoms. The summed E-state index contributed by atoms with van der Waals surface area (Å²) in [6.45, 7) is 7.77. The molecule has 1 atom stereocenters. The van der Waals surface area contributed by atoms with Gasteiger partial charge in [-0.05, 0) is 18.8 Å². The highest BCUT2D eigenvalue weighted by atomic mass is 32.2. The summed E-state index contributed by atoms with van der Waals surface area (Å²) in [5.41, 5.74) is 0.0263. The van der Waals surface area contributed by atoms with Gasteiger partial charge in [0.25, 0.3) is 0 Å². The quantitative estimate of drug-likeness (QED) is 0.823. The standard InChI is InChI=1S/C13H23N3O3S/c1-11-7-13(2,3)10-16(11)20(17,18)12-8-14-15(9-12)5-6-19-4/h8-9,11H,5-7,10H2,1-4H3. The second-order valence-electron chi connectivity index (χ2n) is 6.20. The SMILES string of the molecule is COCCn1cc(S(=O)(=O)N2CC(C)(C)CC2C)cn1. The number of aromatic nitrogens is 2. The van der Waals surface area contributed by atoms with Crippen LogP contribution in [0.4, 0.5) is 0 Å². The summed E-state index contributed by atoms with van der Waals surface area (Å²) in [6, 6.07) is 0.0253. The van der Waals surface area contributed by atoms with Crippen LogP contribution in [0.5, 0.6) is 0 Å². The Morgan fingerprint density at radius 3 is 2.75 bits per heavy atom. The van der Waals surface area contributed by atoms with Crippen LogP contribution in [-0.2, 0) is 21.3 Å². The van der Waals surface area contributed by atoms with E-state index in [1.54, 1.807) is 22.3 Å². The zero-order chi connectivity index (χ0) is 15.0. The smallest absolute Gasteiger partial charge is 0.246 e. The van der Waals surface area contributed by atoms with E-state index < -0.39 is 10.0 Å². The van der Waals surface area contributed by atoms with Gasteiger partial charge in [-0.3, -0.25) is 4.68 Å². The number of rotatable bonds is 5. The molecule has 0 aliphatic carbocycles. The fourth-order valence-electron chi connectivity index (χ4n) is 2.79. The Labute approximate surface area is 120 Å². The van der Waals surface area contributed by atoms with Gasteiger partial charge in [0.2, 0.25) is 10.0 Å². The Balaban J connectivity index is 2.20. The molecule has 20 heavy (non-hydrogen) atoms. The summed E-state index contributed by atoms with van der Waals surface area (Å²) in [7, 11) is -1.85. The Kier molecular flexibility index (Phi) is 4.22. The molecule has 0 radical (unpaired) electrons. The molecular formula is C13H23N3O3S. The van der Waals surface area contributed by atoms with E-state index in [9.17, 15) is 8.42 Å². The molecule has 1 aliphatic rings. The highest BCUT2D eigenvalue weighted by Crippen LogP contribution is 2.37. The summed E-state index contributed by atoms with van der Waals surface area (Å²) < 4.78 is 33.5. The molecule has 0 saturated carbocycles. The molecule has 0 spiro atoms. The Hall–Kier alpha value is -0.920. The van der Waals surface area contributed by atoms with E-state index in [1.165, 1.54) is 6.20 Å². The predicted molar refractivity (Wildman–Crippen MR) is 75.9 cm³/mol. The lowest BCUT2D eigenvalue weighted by Gasteiger charge is -2.20. The van der Waals surface area contributed by atoms with Crippen molar-refractivity contribution in [2.24, 2.45) is 5.41 Å². The van der Waals surface area contributed by atoms with Gasteiger partial charge in [0.1, 0.15) is 4.90 Å². The van der Waals surface area contributed by atoms with Gasteiger partial charge in [0.15, 0.2) is 0 Å². The number of hydrogen-bond donors (Lipinski definition) is 0. The third kappa shape index (κ3) is 3.05. The minimum Gasteiger partial charge on any atom is -0.383 e. The van der Waals surface area contributed by atoms with E-state index in [0.29, 0.717) is 19.7 Å². The zero-order valence-electron chi connectivity index (χ0n) is 12.5. The summed E-state index contributed by atoms with van der Waals surface area (Å²) in [5, 5.41) is 4.08. The van der Waals surface area contributed by atoms with Crippen molar-refractivity contribution in [3.05, 3.63) is 12.4 Å². The van der Waals surface area contributed by atoms with Crippen LogP contribution < -0.4 is 0 Å². The number of methoxy groups -OCH3 is 1. The molecule has 1 fully saturated rings. The van der Waals surface area contributed by atoms with Crippen LogP contribution in [0.15, 0.2) is 17.3 Å². The van der Waals surface area contributed by atoms with Crippen LogP contribution in [0.2, 0.25) is 0 Å². The highest BCUT2D eigenvalue weighted by Gasteiger charge is 2.42. The van der Waals surface area contributed by atoms with Crippen LogP contribution in [0.1, 0.15) is 27.2 Å². The van der Waals surface area contributed by atoms with E-state index in [0.717, 1.165) is 6.42 Å². The molecule has 1 aliphatic heterocycles. The largest absolute Gasteiger partial charge is 0.383 e. The summed E-state index contributed by atoms with van der Waals surface area (Å²) >= 11 is 0. The topological polar surface area (TPSA) is 64.4 Å². The van der Waals surface area contributed by atoms with Crippen LogP contribution in [0.3, 0.4) is 0 Å². The van der Waals surface area contributed by atoms with Crippen molar-refractivity contribution in [1.82, 2.24) is 14.1 Å². The fraction of sp³-hybridized carbons (Fsp3) is 0.769. The van der Waals surface area contributed by atoms with E-state index >= 15 is 0 Å². The van der Waals surface area contributed by atoms with Gasteiger partial charge in [-0.25, -0.2) is 8.42 Å². The van der Waals surface area contributed by atoms with Gasteiger partial charge >= 0.3 is 0 Å². The minimum atomic E-state index is -3.45. The van der Waals surface area contributed by atoms with Gasteiger partial charge in [-0.15, -0.1) is 0 Å². The monoisotopic (exact) mass is 301 g/mol. The predicted octanol–water partition coefficient (Wildman–Crippen LogP) is 1.34. The summed E-state index contributed by atoms with van der Waals surface area (Å²) in [6.07, 6.45) is 3.87. The number of sulfonamides is 1. The molecule has 1 aromatic heterocycles. The van der Waals surface area contributed by atoms with Crippen molar-refractivity contribution in [3.8, 4) is 0 Å². The van der Waals surface area contributed by atoms with Crippen LogP contribution in [0.25, 0.3) is 0 Å². The molecule has 2 heterocycles. The van der Waals surface area contributed by atoms with Gasteiger partial charge < -0.3 is 4.74 Å². The lowest BCUT2D eigenvalue weighted by Crippen LogP contribution is -2.34. The molecule has 1 aromatic rings. The van der Waals surface area contributed by atoms with E-state index in [-0.39, 0.29) is 16.4 Å². The fourth-order valence-corrected chi connectivity index (χ4v) is 4.56. The number of nitrogens with zero attached hydrogens (tertiary/aromatic N) is 3. The second kappa shape index (κ2) is 5.46. The van der Waals surface area contributed by atoms with Crippen LogP contribution in [-0.4, -0.2) is 48.8 Å². The van der Waals surface area contributed by atoms with Crippen LogP contribution in [0, 0.1) is 5.41 Å². The molecule has 7 heteroatoms. The molecule has 2 rings (SSSR count). The summed E-state index contributed by atoms with van der Waals surface area (Å²) in [5.74, 6) is 0. The molecule has 1 unspecified atom stereocenters. The van der Waals surface area contributed by atoms with Gasteiger partial charge in [0.05, 0.1) is 19.3 Å². The van der Waals surface area contributed by atoms with Crippen LogP contribution >= 0.6 is 0 Å². The maximum atomic E-state index is 12.7. The summed E-state index contributed by atoms with van der Waals surface area (Å²) in [4.78, 5) is 0.262. The molecule has 6 nitrogen and oxygen atoms in total. The van der Waals surface area contributed by atoms with Crippen molar-refractivity contribution in [2.75, 3.05) is 20.3 Å². The van der Waals surface area contributed by atoms with E-state index in [1.807, 2.05) is 6.92 Å². The van der Waals surface area contributed by atoms with Gasteiger partial charge in [-0.1, -0.05) is 13.8 Å². The van der Waals surface area contributed by atoms with Crippen molar-refractivity contribution in [2.45, 2.75) is 44.7 Å². The normalized spacial score (nSPS) is 23.3. The van der Waals surface area contributed by atoms with Gasteiger partial charge in [0, 0.05) is 25.9 Å². The molecule has 0 amide bonds. The van der Waals surface area contributed by atoms with Crippen molar-refractivity contribution >= 4 is 10.0 Å². The first-order valence-corrected chi connectivity index (χ1v) is 8.23. The van der Waals surface area contributed by atoms with Crippen molar-refractivity contribution in [1.29, 1.82) is 0 Å². The average Bonchev–Trinajstić information content (AvgIpc) is 2.91. The number of hydrogen-bond acceptors (Lipinski definition) is 4. The minimum absolute atomic E-state index is 0.0253. The maximum absolute atomic E-state index is 12.7. The van der Waals surface area contributed by atoms with Gasteiger partial charge in [-0.2, -0.15) is 9.40 Å². The zero-order valence-corrected chi connectivity index (χ0v) is 13.4. The lowest BCUT2D eigenvalue weighted by atomic mass is 9.91. The Morgan fingerprint density at radius 2 is 2.20 bits per heavy atom. The Bertz CT molecular complexity index is 565. The third-order valence-electron chi connectivity index (χ3n) is 3.66.